The molecule has 0 aromatic heterocycles. The standard InChI is InChI=1S/C12H17NO3/c1-8-4-5-11(15)10(6-8)12(16)13(3)7-9(2)14/h4-6,9,14-15H,7H2,1-3H3. The number of benzene rings is 1. The van der Waals surface area contributed by atoms with E-state index in [1.165, 1.54) is 11.0 Å². The zero-order chi connectivity index (χ0) is 12.3. The molecular weight excluding hydrogens is 206 g/mol. The van der Waals surface area contributed by atoms with E-state index < -0.39 is 6.10 Å². The molecule has 0 aliphatic rings. The fourth-order valence-electron chi connectivity index (χ4n) is 1.51. The van der Waals surface area contributed by atoms with E-state index in [1.807, 2.05) is 6.92 Å². The van der Waals surface area contributed by atoms with Crippen molar-refractivity contribution in [3.63, 3.8) is 0 Å². The van der Waals surface area contributed by atoms with E-state index in [9.17, 15) is 15.0 Å². The van der Waals surface area contributed by atoms with Crippen molar-refractivity contribution >= 4 is 5.91 Å². The number of aromatic hydroxyl groups is 1. The topological polar surface area (TPSA) is 60.8 Å². The van der Waals surface area contributed by atoms with Gasteiger partial charge in [-0.3, -0.25) is 4.79 Å². The molecule has 1 aromatic rings. The van der Waals surface area contributed by atoms with Crippen molar-refractivity contribution in [1.82, 2.24) is 4.90 Å². The van der Waals surface area contributed by atoms with Crippen LogP contribution in [0.15, 0.2) is 18.2 Å². The van der Waals surface area contributed by atoms with E-state index in [4.69, 9.17) is 0 Å². The highest BCUT2D eigenvalue weighted by Crippen LogP contribution is 2.19. The van der Waals surface area contributed by atoms with Gasteiger partial charge in [-0.15, -0.1) is 0 Å². The molecule has 1 atom stereocenters. The maximum absolute atomic E-state index is 11.9. The van der Waals surface area contributed by atoms with Gasteiger partial charge < -0.3 is 15.1 Å². The molecule has 0 bridgehead atoms. The molecule has 2 N–H and O–H groups in total. The number of amides is 1. The van der Waals surface area contributed by atoms with Gasteiger partial charge in [0.05, 0.1) is 11.7 Å². The van der Waals surface area contributed by atoms with Crippen LogP contribution < -0.4 is 0 Å². The average molecular weight is 223 g/mol. The van der Waals surface area contributed by atoms with E-state index in [2.05, 4.69) is 0 Å². The van der Waals surface area contributed by atoms with Crippen LogP contribution in [-0.2, 0) is 0 Å². The minimum Gasteiger partial charge on any atom is -0.507 e. The highest BCUT2D eigenvalue weighted by molar-refractivity contribution is 5.96. The highest BCUT2D eigenvalue weighted by atomic mass is 16.3. The number of hydrogen-bond donors (Lipinski definition) is 2. The molecule has 16 heavy (non-hydrogen) atoms. The normalized spacial score (nSPS) is 12.2. The van der Waals surface area contributed by atoms with E-state index >= 15 is 0 Å². The highest BCUT2D eigenvalue weighted by Gasteiger charge is 2.16. The number of phenolic OH excluding ortho intramolecular Hbond substituents is 1. The van der Waals surface area contributed by atoms with Crippen molar-refractivity contribution < 1.29 is 15.0 Å². The van der Waals surface area contributed by atoms with Crippen LogP contribution in [0.2, 0.25) is 0 Å². The summed E-state index contributed by atoms with van der Waals surface area (Å²) in [5.41, 5.74) is 1.18. The predicted octanol–water partition coefficient (Wildman–Crippen LogP) is 1.15. The van der Waals surface area contributed by atoms with Crippen LogP contribution in [0.4, 0.5) is 0 Å². The molecule has 0 radical (unpaired) electrons. The first-order chi connectivity index (χ1) is 7.41. The van der Waals surface area contributed by atoms with Crippen molar-refractivity contribution in [3.8, 4) is 5.75 Å². The smallest absolute Gasteiger partial charge is 0.257 e. The average Bonchev–Trinajstić information content (AvgIpc) is 2.19. The third-order valence-corrected chi connectivity index (χ3v) is 2.27. The minimum absolute atomic E-state index is 0.0342. The number of aryl methyl sites for hydroxylation is 1. The number of carbonyl (C=O) groups excluding carboxylic acids is 1. The molecule has 0 fully saturated rings. The Bertz CT molecular complexity index is 388. The predicted molar refractivity (Wildman–Crippen MR) is 61.5 cm³/mol. The Morgan fingerprint density at radius 3 is 2.69 bits per heavy atom. The molecule has 0 saturated heterocycles. The number of rotatable bonds is 3. The minimum atomic E-state index is -0.582. The van der Waals surface area contributed by atoms with Crippen molar-refractivity contribution in [1.29, 1.82) is 0 Å². The van der Waals surface area contributed by atoms with Gasteiger partial charge in [-0.05, 0) is 26.0 Å². The van der Waals surface area contributed by atoms with E-state index in [-0.39, 0.29) is 23.8 Å². The van der Waals surface area contributed by atoms with Crippen molar-refractivity contribution in [2.45, 2.75) is 20.0 Å². The fourth-order valence-corrected chi connectivity index (χ4v) is 1.51. The molecule has 0 spiro atoms. The summed E-state index contributed by atoms with van der Waals surface area (Å²) in [4.78, 5) is 13.3. The number of nitrogens with zero attached hydrogens (tertiary/aromatic N) is 1. The maximum Gasteiger partial charge on any atom is 0.257 e. The monoisotopic (exact) mass is 223 g/mol. The molecule has 1 aromatic carbocycles. The maximum atomic E-state index is 11.9. The fraction of sp³-hybridized carbons (Fsp3) is 0.417. The number of hydrogen-bond acceptors (Lipinski definition) is 3. The lowest BCUT2D eigenvalue weighted by Crippen LogP contribution is -2.33. The zero-order valence-corrected chi connectivity index (χ0v) is 9.77. The SMILES string of the molecule is Cc1ccc(O)c(C(=O)N(C)CC(C)O)c1. The Hall–Kier alpha value is -1.55. The Balaban J connectivity index is 2.91. The molecule has 0 aliphatic heterocycles. The second-order valence-corrected chi connectivity index (χ2v) is 4.06. The molecule has 0 saturated carbocycles. The molecule has 0 aliphatic carbocycles. The Kier molecular flexibility index (Phi) is 3.90. The van der Waals surface area contributed by atoms with Gasteiger partial charge in [0.2, 0.25) is 0 Å². The first-order valence-corrected chi connectivity index (χ1v) is 5.15. The van der Waals surface area contributed by atoms with Crippen LogP contribution in [0.25, 0.3) is 0 Å². The number of aliphatic hydroxyl groups excluding tert-OH is 1. The Labute approximate surface area is 95.1 Å². The van der Waals surface area contributed by atoms with Crippen LogP contribution in [0.1, 0.15) is 22.8 Å². The van der Waals surface area contributed by atoms with E-state index in [0.29, 0.717) is 0 Å². The summed E-state index contributed by atoms with van der Waals surface area (Å²) in [6.07, 6.45) is -0.582. The molecule has 1 unspecified atom stereocenters. The van der Waals surface area contributed by atoms with Gasteiger partial charge in [-0.1, -0.05) is 11.6 Å². The Morgan fingerprint density at radius 2 is 2.12 bits per heavy atom. The molecule has 0 heterocycles. The largest absolute Gasteiger partial charge is 0.507 e. The Morgan fingerprint density at radius 1 is 1.50 bits per heavy atom. The quantitative estimate of drug-likeness (QED) is 0.808. The van der Waals surface area contributed by atoms with Gasteiger partial charge in [0.1, 0.15) is 5.75 Å². The summed E-state index contributed by atoms with van der Waals surface area (Å²) in [7, 11) is 1.59. The van der Waals surface area contributed by atoms with Gasteiger partial charge in [-0.25, -0.2) is 0 Å². The summed E-state index contributed by atoms with van der Waals surface area (Å²) in [6, 6.07) is 4.87. The van der Waals surface area contributed by atoms with Crippen LogP contribution in [0.3, 0.4) is 0 Å². The molecule has 4 heteroatoms. The van der Waals surface area contributed by atoms with E-state index in [1.54, 1.807) is 26.1 Å². The summed E-state index contributed by atoms with van der Waals surface area (Å²) < 4.78 is 0. The van der Waals surface area contributed by atoms with Crippen molar-refractivity contribution in [2.75, 3.05) is 13.6 Å². The second-order valence-electron chi connectivity index (χ2n) is 4.06. The van der Waals surface area contributed by atoms with Gasteiger partial charge in [0.15, 0.2) is 0 Å². The number of phenols is 1. The lowest BCUT2D eigenvalue weighted by Gasteiger charge is -2.19. The van der Waals surface area contributed by atoms with Crippen molar-refractivity contribution in [2.24, 2.45) is 0 Å². The molecular formula is C12H17NO3. The lowest BCUT2D eigenvalue weighted by molar-refractivity contribution is 0.0700. The van der Waals surface area contributed by atoms with Crippen LogP contribution in [0, 0.1) is 6.92 Å². The van der Waals surface area contributed by atoms with E-state index in [0.717, 1.165) is 5.56 Å². The molecule has 1 rings (SSSR count). The summed E-state index contributed by atoms with van der Waals surface area (Å²) in [5.74, 6) is -0.324. The second kappa shape index (κ2) is 4.99. The van der Waals surface area contributed by atoms with Crippen molar-refractivity contribution in [3.05, 3.63) is 29.3 Å². The van der Waals surface area contributed by atoms with Crippen LogP contribution in [0.5, 0.6) is 5.75 Å². The summed E-state index contributed by atoms with van der Waals surface area (Å²) >= 11 is 0. The first-order valence-electron chi connectivity index (χ1n) is 5.15. The van der Waals surface area contributed by atoms with Gasteiger partial charge in [0.25, 0.3) is 5.91 Å². The van der Waals surface area contributed by atoms with Gasteiger partial charge in [-0.2, -0.15) is 0 Å². The third-order valence-electron chi connectivity index (χ3n) is 2.27. The molecule has 1 amide bonds. The lowest BCUT2D eigenvalue weighted by atomic mass is 10.1. The van der Waals surface area contributed by atoms with Crippen LogP contribution >= 0.6 is 0 Å². The molecule has 4 nitrogen and oxygen atoms in total. The summed E-state index contributed by atoms with van der Waals surface area (Å²) in [6.45, 7) is 3.71. The van der Waals surface area contributed by atoms with Gasteiger partial charge >= 0.3 is 0 Å². The number of likely N-dealkylation sites (N-methyl/N-ethyl adjacent to an activating group) is 1. The van der Waals surface area contributed by atoms with Crippen LogP contribution in [-0.4, -0.2) is 40.7 Å². The summed E-state index contributed by atoms with van der Waals surface area (Å²) in [5, 5.41) is 18.8. The zero-order valence-electron chi connectivity index (χ0n) is 9.77. The first kappa shape index (κ1) is 12.5. The number of carbonyl (C=O) groups is 1. The molecule has 88 valence electrons. The van der Waals surface area contributed by atoms with Gasteiger partial charge in [0, 0.05) is 13.6 Å². The number of aliphatic hydroxyl groups is 1. The third kappa shape index (κ3) is 2.97.